The third kappa shape index (κ3) is 6.48. The van der Waals surface area contributed by atoms with Crippen molar-refractivity contribution in [1.29, 1.82) is 0 Å². The number of amides is 2. The summed E-state index contributed by atoms with van der Waals surface area (Å²) in [6.45, 7) is 1.90. The number of nitrogens with zero attached hydrogens (tertiary/aromatic N) is 1. The van der Waals surface area contributed by atoms with Crippen LogP contribution in [-0.2, 0) is 9.59 Å². The topological polar surface area (TPSA) is 70.7 Å². The summed E-state index contributed by atoms with van der Waals surface area (Å²) < 4.78 is 5.38. The normalized spacial score (nSPS) is 11.7. The summed E-state index contributed by atoms with van der Waals surface area (Å²) in [5, 5.41) is 6.48. The molecule has 0 heterocycles. The molecule has 1 atom stereocenters. The first-order valence-corrected chi connectivity index (χ1v) is 11.0. The van der Waals surface area contributed by atoms with Crippen LogP contribution in [-0.4, -0.2) is 37.4 Å². The van der Waals surface area contributed by atoms with Crippen molar-refractivity contribution in [2.45, 2.75) is 13.0 Å². The summed E-state index contributed by atoms with van der Waals surface area (Å²) in [6.07, 6.45) is 0. The van der Waals surface area contributed by atoms with Crippen molar-refractivity contribution in [3.05, 3.63) is 87.9 Å². The molecule has 0 aliphatic rings. The van der Waals surface area contributed by atoms with E-state index in [1.807, 2.05) is 49.4 Å². The number of rotatable bonds is 8. The highest BCUT2D eigenvalue weighted by atomic mass is 35.5. The van der Waals surface area contributed by atoms with Gasteiger partial charge in [-0.1, -0.05) is 59.6 Å². The van der Waals surface area contributed by atoms with Crippen LogP contribution in [0.5, 0.6) is 5.75 Å². The van der Waals surface area contributed by atoms with E-state index in [-0.39, 0.29) is 18.4 Å². The molecule has 0 aromatic heterocycles. The maximum absolute atomic E-state index is 13.4. The molecular formula is C25H25Cl2N3O3. The Bertz CT molecular complexity index is 1140. The van der Waals surface area contributed by atoms with Crippen molar-refractivity contribution in [3.8, 4) is 5.75 Å². The Morgan fingerprint density at radius 1 is 0.970 bits per heavy atom. The average molecular weight is 486 g/mol. The molecule has 2 N–H and O–H groups in total. The Balaban J connectivity index is 1.80. The van der Waals surface area contributed by atoms with Gasteiger partial charge in [0.25, 0.3) is 0 Å². The fraction of sp³-hybridized carbons (Fsp3) is 0.200. The van der Waals surface area contributed by atoms with E-state index >= 15 is 0 Å². The van der Waals surface area contributed by atoms with Gasteiger partial charge in [0.2, 0.25) is 11.8 Å². The molecule has 0 aliphatic carbocycles. The fourth-order valence-electron chi connectivity index (χ4n) is 3.45. The van der Waals surface area contributed by atoms with E-state index in [1.54, 1.807) is 43.3 Å². The third-order valence-electron chi connectivity index (χ3n) is 5.01. The van der Waals surface area contributed by atoms with E-state index < -0.39 is 6.04 Å². The number of carbonyl (C=O) groups excluding carboxylic acids is 2. The van der Waals surface area contributed by atoms with Crippen LogP contribution in [0, 0.1) is 6.92 Å². The minimum absolute atomic E-state index is 0.0296. The Morgan fingerprint density at radius 2 is 1.70 bits per heavy atom. The Hall–Kier alpha value is -3.06. The second-order valence-corrected chi connectivity index (χ2v) is 8.41. The number of nitrogens with one attached hydrogen (secondary N) is 2. The lowest BCUT2D eigenvalue weighted by Gasteiger charge is -2.27. The van der Waals surface area contributed by atoms with Gasteiger partial charge in [-0.2, -0.15) is 0 Å². The van der Waals surface area contributed by atoms with Crippen molar-refractivity contribution in [1.82, 2.24) is 4.90 Å². The first-order valence-electron chi connectivity index (χ1n) is 10.2. The molecule has 2 amide bonds. The molecule has 3 rings (SSSR count). The molecule has 0 bridgehead atoms. The molecule has 0 aliphatic heterocycles. The van der Waals surface area contributed by atoms with E-state index in [2.05, 4.69) is 10.6 Å². The van der Waals surface area contributed by atoms with E-state index in [0.29, 0.717) is 27.2 Å². The van der Waals surface area contributed by atoms with Crippen LogP contribution in [0.25, 0.3) is 0 Å². The van der Waals surface area contributed by atoms with Gasteiger partial charge in [0, 0.05) is 5.69 Å². The van der Waals surface area contributed by atoms with Gasteiger partial charge in [0.05, 0.1) is 29.4 Å². The van der Waals surface area contributed by atoms with Crippen LogP contribution < -0.4 is 15.4 Å². The van der Waals surface area contributed by atoms with Crippen LogP contribution >= 0.6 is 23.2 Å². The zero-order valence-electron chi connectivity index (χ0n) is 18.6. The number of anilines is 2. The largest absolute Gasteiger partial charge is 0.495 e. The first-order chi connectivity index (χ1) is 15.8. The molecule has 0 unspecified atom stereocenters. The van der Waals surface area contributed by atoms with Crippen LogP contribution in [0.1, 0.15) is 17.2 Å². The summed E-state index contributed by atoms with van der Waals surface area (Å²) in [7, 11) is 3.27. The second-order valence-electron chi connectivity index (χ2n) is 7.60. The number of hydrogen-bond acceptors (Lipinski definition) is 4. The highest BCUT2D eigenvalue weighted by Gasteiger charge is 2.27. The number of ether oxygens (including phenoxy) is 1. The Kier molecular flexibility index (Phi) is 8.33. The van der Waals surface area contributed by atoms with Gasteiger partial charge in [0.15, 0.2) is 0 Å². The SMILES string of the molecule is COc1ccc(C)cc1NC(=O)[C@@H](c1ccccc1)N(C)CC(=O)Nc1ccc(Cl)c(Cl)c1. The van der Waals surface area contributed by atoms with Crippen molar-refractivity contribution in [2.24, 2.45) is 0 Å². The lowest BCUT2D eigenvalue weighted by Crippen LogP contribution is -2.39. The summed E-state index contributed by atoms with van der Waals surface area (Å²) in [4.78, 5) is 27.8. The molecule has 172 valence electrons. The molecule has 0 fully saturated rings. The van der Waals surface area contributed by atoms with Crippen molar-refractivity contribution in [3.63, 3.8) is 0 Å². The van der Waals surface area contributed by atoms with E-state index in [1.165, 1.54) is 0 Å². The van der Waals surface area contributed by atoms with Crippen LogP contribution in [0.3, 0.4) is 0 Å². The van der Waals surface area contributed by atoms with Crippen molar-refractivity contribution < 1.29 is 14.3 Å². The number of methoxy groups -OCH3 is 1. The maximum atomic E-state index is 13.4. The van der Waals surface area contributed by atoms with E-state index in [0.717, 1.165) is 11.1 Å². The zero-order chi connectivity index (χ0) is 24.0. The third-order valence-corrected chi connectivity index (χ3v) is 5.75. The number of benzene rings is 3. The van der Waals surface area contributed by atoms with E-state index in [4.69, 9.17) is 27.9 Å². The minimum Gasteiger partial charge on any atom is -0.495 e. The molecule has 0 saturated carbocycles. The molecule has 33 heavy (non-hydrogen) atoms. The number of aryl methyl sites for hydroxylation is 1. The molecule has 6 nitrogen and oxygen atoms in total. The highest BCUT2D eigenvalue weighted by Crippen LogP contribution is 2.29. The van der Waals surface area contributed by atoms with Gasteiger partial charge in [-0.05, 0) is 55.4 Å². The van der Waals surface area contributed by atoms with Crippen LogP contribution in [0.4, 0.5) is 11.4 Å². The standard InChI is InChI=1S/C25H25Cl2N3O3/c1-16-9-12-22(33-3)21(13-16)29-25(32)24(17-7-5-4-6-8-17)30(2)15-23(31)28-18-10-11-19(26)20(27)14-18/h4-14,24H,15H2,1-3H3,(H,28,31)(H,29,32)/t24-/m1/s1. The molecule has 0 radical (unpaired) electrons. The Labute approximate surface area is 203 Å². The molecule has 3 aromatic carbocycles. The lowest BCUT2D eigenvalue weighted by atomic mass is 10.0. The second kappa shape index (κ2) is 11.2. The summed E-state index contributed by atoms with van der Waals surface area (Å²) >= 11 is 12.0. The number of halogens is 2. The number of likely N-dealkylation sites (N-methyl/N-ethyl adjacent to an activating group) is 1. The fourth-order valence-corrected chi connectivity index (χ4v) is 3.75. The highest BCUT2D eigenvalue weighted by molar-refractivity contribution is 6.42. The van der Waals surface area contributed by atoms with Crippen molar-refractivity contribution in [2.75, 3.05) is 31.3 Å². The zero-order valence-corrected chi connectivity index (χ0v) is 20.1. The lowest BCUT2D eigenvalue weighted by molar-refractivity contribution is -0.123. The Morgan fingerprint density at radius 3 is 2.36 bits per heavy atom. The monoisotopic (exact) mass is 485 g/mol. The average Bonchev–Trinajstić information content (AvgIpc) is 2.77. The molecule has 0 saturated heterocycles. The number of hydrogen-bond donors (Lipinski definition) is 2. The van der Waals surface area contributed by atoms with Gasteiger partial charge in [0.1, 0.15) is 11.8 Å². The summed E-state index contributed by atoms with van der Waals surface area (Å²) in [5.41, 5.74) is 2.83. The van der Waals surface area contributed by atoms with Gasteiger partial charge in [-0.25, -0.2) is 0 Å². The molecule has 8 heteroatoms. The van der Waals surface area contributed by atoms with Gasteiger partial charge in [-0.3, -0.25) is 14.5 Å². The molecular weight excluding hydrogens is 461 g/mol. The van der Waals surface area contributed by atoms with E-state index in [9.17, 15) is 9.59 Å². The minimum atomic E-state index is -0.712. The van der Waals surface area contributed by atoms with Crippen LogP contribution in [0.2, 0.25) is 10.0 Å². The summed E-state index contributed by atoms with van der Waals surface area (Å²) in [5.74, 6) is -0.0199. The molecule has 3 aromatic rings. The van der Waals surface area contributed by atoms with Crippen LogP contribution in [0.15, 0.2) is 66.7 Å². The maximum Gasteiger partial charge on any atom is 0.246 e. The predicted octanol–water partition coefficient (Wildman–Crippen LogP) is 5.56. The molecule has 0 spiro atoms. The van der Waals surface area contributed by atoms with Gasteiger partial charge >= 0.3 is 0 Å². The number of carbonyl (C=O) groups is 2. The smallest absolute Gasteiger partial charge is 0.246 e. The quantitative estimate of drug-likeness (QED) is 0.438. The predicted molar refractivity (Wildman–Crippen MR) is 133 cm³/mol. The first kappa shape index (κ1) is 24.6. The van der Waals surface area contributed by atoms with Crippen molar-refractivity contribution >= 4 is 46.4 Å². The van der Waals surface area contributed by atoms with Gasteiger partial charge in [-0.15, -0.1) is 0 Å². The summed E-state index contributed by atoms with van der Waals surface area (Å²) in [6, 6.07) is 19.0. The van der Waals surface area contributed by atoms with Gasteiger partial charge < -0.3 is 15.4 Å².